The summed E-state index contributed by atoms with van der Waals surface area (Å²) in [6.45, 7) is 1.89. The Labute approximate surface area is 153 Å². The number of fused-ring (bicyclic) bond motifs is 1. The number of carbonyl (C=O) groups excluding carboxylic acids is 2. The van der Waals surface area contributed by atoms with Gasteiger partial charge in [-0.15, -0.1) is 0 Å². The highest BCUT2D eigenvalue weighted by Crippen LogP contribution is 2.26. The maximum atomic E-state index is 12.6. The van der Waals surface area contributed by atoms with Crippen LogP contribution >= 0.6 is 0 Å². The highest BCUT2D eigenvalue weighted by atomic mass is 16.5. The van der Waals surface area contributed by atoms with Crippen molar-refractivity contribution in [3.8, 4) is 5.75 Å². The minimum atomic E-state index is -0.641. The van der Waals surface area contributed by atoms with Gasteiger partial charge in [0.25, 0.3) is 11.8 Å². The van der Waals surface area contributed by atoms with Gasteiger partial charge in [-0.1, -0.05) is 25.1 Å². The molecule has 0 aliphatic heterocycles. The van der Waals surface area contributed by atoms with Gasteiger partial charge in [0, 0.05) is 0 Å². The van der Waals surface area contributed by atoms with Crippen molar-refractivity contribution in [2.45, 2.75) is 45.1 Å². The maximum absolute atomic E-state index is 12.6. The number of aryl methyl sites for hydroxylation is 2. The Bertz CT molecular complexity index is 817. The lowest BCUT2D eigenvalue weighted by Gasteiger charge is -2.21. The molecule has 2 aromatic carbocycles. The van der Waals surface area contributed by atoms with E-state index in [1.54, 1.807) is 24.3 Å². The van der Waals surface area contributed by atoms with E-state index in [4.69, 9.17) is 10.5 Å². The number of benzene rings is 2. The smallest absolute Gasteiger partial charge is 0.265 e. The quantitative estimate of drug-likeness (QED) is 0.835. The van der Waals surface area contributed by atoms with Crippen LogP contribution in [0, 0.1) is 0 Å². The second kappa shape index (κ2) is 8.04. The van der Waals surface area contributed by atoms with Crippen LogP contribution in [0.5, 0.6) is 5.75 Å². The summed E-state index contributed by atoms with van der Waals surface area (Å²) >= 11 is 0. The Hall–Kier alpha value is -2.82. The number of anilines is 1. The predicted molar refractivity (Wildman–Crippen MR) is 101 cm³/mol. The summed E-state index contributed by atoms with van der Waals surface area (Å²) in [7, 11) is 0. The van der Waals surface area contributed by atoms with Crippen molar-refractivity contribution in [2.24, 2.45) is 5.73 Å². The van der Waals surface area contributed by atoms with E-state index >= 15 is 0 Å². The van der Waals surface area contributed by atoms with Crippen LogP contribution in [-0.4, -0.2) is 17.9 Å². The number of nitrogens with two attached hydrogens (primary N) is 1. The molecule has 0 heterocycles. The lowest BCUT2D eigenvalue weighted by atomic mass is 9.92. The predicted octanol–water partition coefficient (Wildman–Crippen LogP) is 3.46. The van der Waals surface area contributed by atoms with E-state index in [0.29, 0.717) is 17.9 Å². The van der Waals surface area contributed by atoms with Crippen molar-refractivity contribution in [2.75, 3.05) is 5.32 Å². The molecular weight excluding hydrogens is 328 g/mol. The lowest BCUT2D eigenvalue weighted by molar-refractivity contribution is -0.122. The van der Waals surface area contributed by atoms with Crippen LogP contribution in [0.25, 0.3) is 0 Å². The maximum Gasteiger partial charge on any atom is 0.265 e. The Morgan fingerprint density at radius 1 is 1.12 bits per heavy atom. The van der Waals surface area contributed by atoms with Gasteiger partial charge in [0.2, 0.25) is 0 Å². The van der Waals surface area contributed by atoms with E-state index in [1.165, 1.54) is 24.0 Å². The number of amides is 2. The average molecular weight is 352 g/mol. The summed E-state index contributed by atoms with van der Waals surface area (Å²) in [4.78, 5) is 24.1. The zero-order valence-electron chi connectivity index (χ0n) is 15.0. The Morgan fingerprint density at radius 2 is 1.85 bits per heavy atom. The van der Waals surface area contributed by atoms with Gasteiger partial charge in [0.1, 0.15) is 5.75 Å². The standard InChI is InChI=1S/C21H24N2O3/c1-2-19(21(25)23-18-10-6-5-9-17(18)20(22)24)26-16-12-11-14-7-3-4-8-15(14)13-16/h5-6,9-13,19H,2-4,7-8H2,1H3,(H2,22,24)(H,23,25)/t19-/m0/s1. The highest BCUT2D eigenvalue weighted by molar-refractivity contribution is 6.04. The van der Waals surface area contributed by atoms with E-state index in [0.717, 1.165) is 12.8 Å². The largest absolute Gasteiger partial charge is 0.481 e. The molecule has 1 aliphatic rings. The van der Waals surface area contributed by atoms with Gasteiger partial charge in [-0.2, -0.15) is 0 Å². The number of carbonyl (C=O) groups is 2. The van der Waals surface area contributed by atoms with E-state index < -0.39 is 12.0 Å². The van der Waals surface area contributed by atoms with Crippen molar-refractivity contribution >= 4 is 17.5 Å². The first-order chi connectivity index (χ1) is 12.6. The van der Waals surface area contributed by atoms with Gasteiger partial charge < -0.3 is 15.8 Å². The van der Waals surface area contributed by atoms with Crippen molar-refractivity contribution in [1.82, 2.24) is 0 Å². The fourth-order valence-electron chi connectivity index (χ4n) is 3.29. The number of primary amides is 1. The van der Waals surface area contributed by atoms with Crippen LogP contribution in [0.1, 0.15) is 47.7 Å². The van der Waals surface area contributed by atoms with E-state index in [-0.39, 0.29) is 11.5 Å². The topological polar surface area (TPSA) is 81.4 Å². The molecule has 0 fully saturated rings. The summed E-state index contributed by atoms with van der Waals surface area (Å²) in [5.41, 5.74) is 8.73. The number of para-hydroxylation sites is 1. The number of rotatable bonds is 6. The zero-order chi connectivity index (χ0) is 18.5. The molecule has 26 heavy (non-hydrogen) atoms. The first kappa shape index (κ1) is 18.0. The normalized spacial score (nSPS) is 14.2. The molecule has 136 valence electrons. The minimum Gasteiger partial charge on any atom is -0.481 e. The molecular formula is C21H24N2O3. The SMILES string of the molecule is CC[C@H](Oc1ccc2c(c1)CCCC2)C(=O)Nc1ccccc1C(N)=O. The monoisotopic (exact) mass is 352 g/mol. The van der Waals surface area contributed by atoms with Crippen LogP contribution in [0.3, 0.4) is 0 Å². The molecule has 0 bridgehead atoms. The molecule has 0 unspecified atom stereocenters. The summed E-state index contributed by atoms with van der Waals surface area (Å²) in [5, 5.41) is 2.76. The van der Waals surface area contributed by atoms with Crippen LogP contribution in [0.15, 0.2) is 42.5 Å². The van der Waals surface area contributed by atoms with Gasteiger partial charge in [0.05, 0.1) is 11.3 Å². The minimum absolute atomic E-state index is 0.282. The first-order valence-corrected chi connectivity index (χ1v) is 9.06. The summed E-state index contributed by atoms with van der Waals surface area (Å²) in [5.74, 6) is -0.167. The Morgan fingerprint density at radius 3 is 2.58 bits per heavy atom. The van der Waals surface area contributed by atoms with Crippen LogP contribution in [-0.2, 0) is 17.6 Å². The van der Waals surface area contributed by atoms with E-state index in [9.17, 15) is 9.59 Å². The zero-order valence-corrected chi connectivity index (χ0v) is 15.0. The Kier molecular flexibility index (Phi) is 5.56. The number of hydrogen-bond donors (Lipinski definition) is 2. The molecule has 0 aromatic heterocycles. The third kappa shape index (κ3) is 4.04. The molecule has 2 aromatic rings. The summed E-state index contributed by atoms with van der Waals surface area (Å²) in [6, 6.07) is 12.8. The molecule has 0 spiro atoms. The second-order valence-corrected chi connectivity index (χ2v) is 6.55. The third-order valence-electron chi connectivity index (χ3n) is 4.71. The molecule has 5 heteroatoms. The number of nitrogens with one attached hydrogen (secondary N) is 1. The van der Waals surface area contributed by atoms with Gasteiger partial charge in [0.15, 0.2) is 6.10 Å². The lowest BCUT2D eigenvalue weighted by Crippen LogP contribution is -2.33. The van der Waals surface area contributed by atoms with E-state index in [2.05, 4.69) is 11.4 Å². The second-order valence-electron chi connectivity index (χ2n) is 6.55. The van der Waals surface area contributed by atoms with Gasteiger partial charge in [-0.25, -0.2) is 0 Å². The van der Waals surface area contributed by atoms with Crippen molar-refractivity contribution < 1.29 is 14.3 Å². The number of ether oxygens (including phenoxy) is 1. The van der Waals surface area contributed by atoms with Crippen molar-refractivity contribution in [1.29, 1.82) is 0 Å². The van der Waals surface area contributed by atoms with Crippen molar-refractivity contribution in [3.63, 3.8) is 0 Å². The summed E-state index contributed by atoms with van der Waals surface area (Å²) in [6.07, 6.45) is 4.46. The average Bonchev–Trinajstić information content (AvgIpc) is 2.66. The molecule has 0 saturated carbocycles. The van der Waals surface area contributed by atoms with Crippen LogP contribution < -0.4 is 15.8 Å². The third-order valence-corrected chi connectivity index (χ3v) is 4.71. The highest BCUT2D eigenvalue weighted by Gasteiger charge is 2.21. The molecule has 3 N–H and O–H groups in total. The summed E-state index contributed by atoms with van der Waals surface area (Å²) < 4.78 is 5.94. The molecule has 3 rings (SSSR count). The van der Waals surface area contributed by atoms with E-state index in [1.807, 2.05) is 19.1 Å². The molecule has 0 radical (unpaired) electrons. The Balaban J connectivity index is 1.73. The molecule has 5 nitrogen and oxygen atoms in total. The fraction of sp³-hybridized carbons (Fsp3) is 0.333. The van der Waals surface area contributed by atoms with Crippen molar-refractivity contribution in [3.05, 3.63) is 59.2 Å². The molecule has 0 saturated heterocycles. The molecule has 1 atom stereocenters. The van der Waals surface area contributed by atoms with Crippen LogP contribution in [0.2, 0.25) is 0 Å². The first-order valence-electron chi connectivity index (χ1n) is 9.06. The molecule has 1 aliphatic carbocycles. The van der Waals surface area contributed by atoms with Gasteiger partial charge in [-0.05, 0) is 67.5 Å². The number of hydrogen-bond acceptors (Lipinski definition) is 3. The van der Waals surface area contributed by atoms with Gasteiger partial charge in [-0.3, -0.25) is 9.59 Å². The molecule has 2 amide bonds. The van der Waals surface area contributed by atoms with Gasteiger partial charge >= 0.3 is 0 Å². The fourth-order valence-corrected chi connectivity index (χ4v) is 3.29. The van der Waals surface area contributed by atoms with Crippen LogP contribution in [0.4, 0.5) is 5.69 Å².